The Morgan fingerprint density at radius 1 is 1.17 bits per heavy atom. The van der Waals surface area contributed by atoms with Gasteiger partial charge in [-0.3, -0.25) is 0 Å². The van der Waals surface area contributed by atoms with E-state index in [1.165, 1.54) is 19.3 Å². The zero-order valence-electron chi connectivity index (χ0n) is 14.4. The summed E-state index contributed by atoms with van der Waals surface area (Å²) in [6.07, 6.45) is 4.74. The fourth-order valence-electron chi connectivity index (χ4n) is 3.66. The molecule has 2 N–H and O–H groups in total. The van der Waals surface area contributed by atoms with Gasteiger partial charge in [0.15, 0.2) is 6.29 Å². The highest BCUT2D eigenvalue weighted by atomic mass is 16.7. The molecule has 3 rings (SSSR count). The van der Waals surface area contributed by atoms with E-state index < -0.39 is 12.4 Å². The second-order valence-corrected chi connectivity index (χ2v) is 6.80. The van der Waals surface area contributed by atoms with Gasteiger partial charge in [-0.2, -0.15) is 0 Å². The first-order chi connectivity index (χ1) is 11.8. The van der Waals surface area contributed by atoms with Crippen LogP contribution < -0.4 is 5.32 Å². The lowest BCUT2D eigenvalue weighted by Gasteiger charge is -2.29. The molecular weight excluding hydrogens is 306 g/mol. The van der Waals surface area contributed by atoms with Crippen molar-refractivity contribution < 1.29 is 19.3 Å². The minimum atomic E-state index is -0.618. The molecular formula is C19H29NO4. The van der Waals surface area contributed by atoms with E-state index in [9.17, 15) is 5.11 Å². The number of nitrogens with one attached hydrogen (secondary N) is 1. The van der Waals surface area contributed by atoms with Crippen LogP contribution >= 0.6 is 0 Å². The van der Waals surface area contributed by atoms with Crippen molar-refractivity contribution in [3.63, 3.8) is 0 Å². The lowest BCUT2D eigenvalue weighted by Crippen LogP contribution is -2.50. The number of methoxy groups -OCH3 is 1. The number of benzene rings is 1. The summed E-state index contributed by atoms with van der Waals surface area (Å²) in [4.78, 5) is 0. The largest absolute Gasteiger partial charge is 0.388 e. The molecule has 2 aliphatic rings. The van der Waals surface area contributed by atoms with Crippen molar-refractivity contribution in [3.8, 4) is 0 Å². The smallest absolute Gasteiger partial charge is 0.175 e. The summed E-state index contributed by atoms with van der Waals surface area (Å²) in [5.41, 5.74) is 1.12. The Morgan fingerprint density at radius 3 is 2.62 bits per heavy atom. The van der Waals surface area contributed by atoms with E-state index in [1.807, 2.05) is 30.3 Å². The summed E-state index contributed by atoms with van der Waals surface area (Å²) < 4.78 is 17.0. The summed E-state index contributed by atoms with van der Waals surface area (Å²) in [5.74, 6) is 0. The molecule has 1 saturated carbocycles. The van der Waals surface area contributed by atoms with Crippen LogP contribution in [0.2, 0.25) is 0 Å². The van der Waals surface area contributed by atoms with Gasteiger partial charge in [0.2, 0.25) is 0 Å². The average molecular weight is 335 g/mol. The summed E-state index contributed by atoms with van der Waals surface area (Å²) in [5, 5.41) is 14.2. The lowest BCUT2D eigenvalue weighted by molar-refractivity contribution is -0.139. The zero-order valence-corrected chi connectivity index (χ0v) is 14.4. The predicted octanol–water partition coefficient (Wildman–Crippen LogP) is 2.23. The molecule has 1 heterocycles. The van der Waals surface area contributed by atoms with Crippen LogP contribution in [0.5, 0.6) is 0 Å². The fraction of sp³-hybridized carbons (Fsp3) is 0.684. The number of aliphatic hydroxyl groups excluding tert-OH is 1. The quantitative estimate of drug-likeness (QED) is 0.800. The molecule has 5 heteroatoms. The minimum absolute atomic E-state index is 0.191. The van der Waals surface area contributed by atoms with Gasteiger partial charge in [0.25, 0.3) is 0 Å². The van der Waals surface area contributed by atoms with Gasteiger partial charge in [0, 0.05) is 13.2 Å². The van der Waals surface area contributed by atoms with E-state index in [2.05, 4.69) is 5.32 Å². The van der Waals surface area contributed by atoms with E-state index in [1.54, 1.807) is 7.11 Å². The van der Waals surface area contributed by atoms with Crippen molar-refractivity contribution in [2.45, 2.75) is 69.3 Å². The molecule has 5 nitrogen and oxygen atoms in total. The Bertz CT molecular complexity index is 478. The number of ether oxygens (including phenoxy) is 3. The number of hydrogen-bond donors (Lipinski definition) is 2. The first-order valence-electron chi connectivity index (χ1n) is 9.02. The molecule has 1 aromatic rings. The van der Waals surface area contributed by atoms with Crippen LogP contribution in [-0.2, 0) is 20.8 Å². The highest BCUT2D eigenvalue weighted by molar-refractivity contribution is 5.13. The monoisotopic (exact) mass is 335 g/mol. The van der Waals surface area contributed by atoms with Crippen molar-refractivity contribution in [2.75, 3.05) is 13.7 Å². The molecule has 1 aromatic carbocycles. The summed E-state index contributed by atoms with van der Waals surface area (Å²) in [6.45, 7) is 0.880. The molecule has 0 amide bonds. The highest BCUT2D eigenvalue weighted by Crippen LogP contribution is 2.26. The van der Waals surface area contributed by atoms with Gasteiger partial charge in [-0.15, -0.1) is 0 Å². The zero-order chi connectivity index (χ0) is 16.8. The van der Waals surface area contributed by atoms with Crippen LogP contribution in [0.1, 0.15) is 37.7 Å². The minimum Gasteiger partial charge on any atom is -0.388 e. The fourth-order valence-corrected chi connectivity index (χ4v) is 3.66. The maximum Gasteiger partial charge on any atom is 0.175 e. The van der Waals surface area contributed by atoms with Crippen LogP contribution in [0.25, 0.3) is 0 Å². The lowest BCUT2D eigenvalue weighted by atomic mass is 9.94. The number of rotatable bonds is 7. The first-order valence-corrected chi connectivity index (χ1v) is 9.02. The van der Waals surface area contributed by atoms with Crippen LogP contribution in [0.3, 0.4) is 0 Å². The second kappa shape index (κ2) is 8.92. The maximum absolute atomic E-state index is 10.6. The van der Waals surface area contributed by atoms with E-state index in [4.69, 9.17) is 14.2 Å². The van der Waals surface area contributed by atoms with Gasteiger partial charge in [0.1, 0.15) is 12.2 Å². The normalized spacial score (nSPS) is 31.4. The molecule has 0 radical (unpaired) electrons. The Hall–Kier alpha value is -0.980. The maximum atomic E-state index is 10.6. The van der Waals surface area contributed by atoms with Crippen LogP contribution in [-0.4, -0.2) is 49.4 Å². The molecule has 4 atom stereocenters. The summed E-state index contributed by atoms with van der Waals surface area (Å²) in [6, 6.07) is 10.3. The molecule has 24 heavy (non-hydrogen) atoms. The summed E-state index contributed by atoms with van der Waals surface area (Å²) >= 11 is 0. The number of aliphatic hydroxyl groups is 1. The van der Waals surface area contributed by atoms with Gasteiger partial charge in [-0.05, 0) is 18.4 Å². The van der Waals surface area contributed by atoms with Crippen LogP contribution in [0.4, 0.5) is 0 Å². The third kappa shape index (κ3) is 4.55. The van der Waals surface area contributed by atoms with E-state index in [0.717, 1.165) is 18.4 Å². The SMILES string of the molecule is CO[C@H]1O[C@H](COCc2ccccc2)[C@@H](O)[C@@H]1NC1CCCCC1. The predicted molar refractivity (Wildman–Crippen MR) is 91.6 cm³/mol. The van der Waals surface area contributed by atoms with E-state index >= 15 is 0 Å². The average Bonchev–Trinajstić information content (AvgIpc) is 2.93. The first kappa shape index (κ1) is 17.8. The summed E-state index contributed by atoms with van der Waals surface area (Å²) in [7, 11) is 1.63. The van der Waals surface area contributed by atoms with Crippen molar-refractivity contribution >= 4 is 0 Å². The molecule has 0 bridgehead atoms. The Kier molecular flexibility index (Phi) is 6.63. The highest BCUT2D eigenvalue weighted by Gasteiger charge is 2.44. The van der Waals surface area contributed by atoms with Crippen LogP contribution in [0, 0.1) is 0 Å². The van der Waals surface area contributed by atoms with Gasteiger partial charge in [-0.25, -0.2) is 0 Å². The molecule has 1 saturated heterocycles. The van der Waals surface area contributed by atoms with E-state index in [0.29, 0.717) is 19.3 Å². The standard InChI is InChI=1S/C19H29NO4/c1-22-19-17(20-15-10-6-3-7-11-15)18(21)16(24-19)13-23-12-14-8-4-2-5-9-14/h2,4-5,8-9,15-21H,3,6-7,10-13H2,1H3/t16-,17+,18-,19+/m1/s1. The molecule has 0 aromatic heterocycles. The molecule has 134 valence electrons. The van der Waals surface area contributed by atoms with Gasteiger partial charge in [0.05, 0.1) is 19.3 Å². The third-order valence-electron chi connectivity index (χ3n) is 5.01. The number of hydrogen-bond acceptors (Lipinski definition) is 5. The molecule has 0 spiro atoms. The van der Waals surface area contributed by atoms with E-state index in [-0.39, 0.29) is 12.1 Å². The van der Waals surface area contributed by atoms with Crippen molar-refractivity contribution in [1.82, 2.24) is 5.32 Å². The molecule has 0 unspecified atom stereocenters. The van der Waals surface area contributed by atoms with Gasteiger partial charge < -0.3 is 24.6 Å². The van der Waals surface area contributed by atoms with Crippen LogP contribution in [0.15, 0.2) is 30.3 Å². The second-order valence-electron chi connectivity index (χ2n) is 6.80. The Labute approximate surface area is 144 Å². The van der Waals surface area contributed by atoms with Gasteiger partial charge >= 0.3 is 0 Å². The molecule has 1 aliphatic carbocycles. The topological polar surface area (TPSA) is 60.0 Å². The van der Waals surface area contributed by atoms with Crippen molar-refractivity contribution in [1.29, 1.82) is 0 Å². The Morgan fingerprint density at radius 2 is 1.92 bits per heavy atom. The van der Waals surface area contributed by atoms with Crippen molar-refractivity contribution in [3.05, 3.63) is 35.9 Å². The molecule has 2 fully saturated rings. The molecule has 1 aliphatic heterocycles. The third-order valence-corrected chi connectivity index (χ3v) is 5.01. The van der Waals surface area contributed by atoms with Gasteiger partial charge in [-0.1, -0.05) is 49.6 Å². The van der Waals surface area contributed by atoms with Crippen molar-refractivity contribution in [2.24, 2.45) is 0 Å². The Balaban J connectivity index is 1.49.